The Bertz CT molecular complexity index is 380. The fraction of sp³-hybridized carbons (Fsp3) is 0.500. The van der Waals surface area contributed by atoms with E-state index in [1.165, 1.54) is 0 Å². The molecule has 0 aromatic heterocycles. The minimum Gasteiger partial charge on any atom is -0.399 e. The van der Waals surface area contributed by atoms with Crippen molar-refractivity contribution in [3.8, 4) is 0 Å². The largest absolute Gasteiger partial charge is 0.399 e. The number of carbonyl (C=O) groups is 1. The molecule has 1 rings (SSSR count). The Labute approximate surface area is 109 Å². The van der Waals surface area contributed by atoms with E-state index in [9.17, 15) is 4.79 Å². The molecule has 18 heavy (non-hydrogen) atoms. The average Bonchev–Trinajstić information content (AvgIpc) is 2.28. The van der Waals surface area contributed by atoms with Crippen molar-refractivity contribution in [2.45, 2.75) is 32.8 Å². The van der Waals surface area contributed by atoms with Crippen LogP contribution in [0.4, 0.5) is 5.69 Å². The maximum atomic E-state index is 11.5. The van der Waals surface area contributed by atoms with Crippen molar-refractivity contribution in [3.05, 3.63) is 29.8 Å². The van der Waals surface area contributed by atoms with Crippen LogP contribution in [-0.2, 0) is 16.0 Å². The maximum absolute atomic E-state index is 11.5. The van der Waals surface area contributed by atoms with Crippen molar-refractivity contribution in [3.63, 3.8) is 0 Å². The maximum Gasteiger partial charge on any atom is 0.246 e. The van der Waals surface area contributed by atoms with Gasteiger partial charge in [0.05, 0.1) is 5.60 Å². The Kier molecular flexibility index (Phi) is 5.16. The fourth-order valence-electron chi connectivity index (χ4n) is 1.36. The van der Waals surface area contributed by atoms with Gasteiger partial charge >= 0.3 is 0 Å². The second kappa shape index (κ2) is 6.40. The highest BCUT2D eigenvalue weighted by molar-refractivity contribution is 5.77. The molecule has 0 saturated carbocycles. The van der Waals surface area contributed by atoms with E-state index in [1.807, 2.05) is 45.0 Å². The van der Waals surface area contributed by atoms with Gasteiger partial charge in [-0.25, -0.2) is 0 Å². The molecule has 1 aromatic rings. The summed E-state index contributed by atoms with van der Waals surface area (Å²) >= 11 is 0. The molecule has 100 valence electrons. The summed E-state index contributed by atoms with van der Waals surface area (Å²) in [4.78, 5) is 11.5. The van der Waals surface area contributed by atoms with Gasteiger partial charge in [-0.3, -0.25) is 4.79 Å². The van der Waals surface area contributed by atoms with Crippen LogP contribution in [0.15, 0.2) is 24.3 Å². The minimum absolute atomic E-state index is 0.0830. The van der Waals surface area contributed by atoms with Crippen molar-refractivity contribution in [1.29, 1.82) is 0 Å². The van der Waals surface area contributed by atoms with Gasteiger partial charge in [0.1, 0.15) is 6.61 Å². The third-order valence-corrected chi connectivity index (χ3v) is 2.35. The van der Waals surface area contributed by atoms with Gasteiger partial charge in [-0.05, 0) is 44.9 Å². The van der Waals surface area contributed by atoms with Gasteiger partial charge in [0, 0.05) is 12.2 Å². The van der Waals surface area contributed by atoms with Crippen LogP contribution in [0.25, 0.3) is 0 Å². The molecule has 4 heteroatoms. The summed E-state index contributed by atoms with van der Waals surface area (Å²) in [5.41, 5.74) is 7.22. The molecule has 0 spiro atoms. The van der Waals surface area contributed by atoms with Gasteiger partial charge < -0.3 is 15.8 Å². The number of ether oxygens (including phenoxy) is 1. The zero-order valence-corrected chi connectivity index (χ0v) is 11.3. The molecule has 4 nitrogen and oxygen atoms in total. The topological polar surface area (TPSA) is 64.3 Å². The normalized spacial score (nSPS) is 11.3. The van der Waals surface area contributed by atoms with Gasteiger partial charge in [-0.2, -0.15) is 0 Å². The Morgan fingerprint density at radius 2 is 1.89 bits per heavy atom. The number of nitrogen functional groups attached to an aromatic ring is 1. The molecule has 0 fully saturated rings. The van der Waals surface area contributed by atoms with Crippen LogP contribution in [0.5, 0.6) is 0 Å². The van der Waals surface area contributed by atoms with Crippen molar-refractivity contribution in [1.82, 2.24) is 5.32 Å². The highest BCUT2D eigenvalue weighted by Crippen LogP contribution is 2.06. The lowest BCUT2D eigenvalue weighted by atomic mass is 10.1. The number of rotatable bonds is 5. The van der Waals surface area contributed by atoms with Gasteiger partial charge in [0.25, 0.3) is 0 Å². The molecule has 0 aliphatic rings. The summed E-state index contributed by atoms with van der Waals surface area (Å²) in [7, 11) is 0. The zero-order valence-electron chi connectivity index (χ0n) is 11.3. The molecular weight excluding hydrogens is 228 g/mol. The highest BCUT2D eigenvalue weighted by atomic mass is 16.5. The molecule has 0 aliphatic heterocycles. The number of amides is 1. The molecular formula is C14H22N2O2. The molecule has 0 radical (unpaired) electrons. The van der Waals surface area contributed by atoms with Crippen molar-refractivity contribution < 1.29 is 9.53 Å². The molecule has 0 saturated heterocycles. The summed E-state index contributed by atoms with van der Waals surface area (Å²) in [6.45, 7) is 6.49. The van der Waals surface area contributed by atoms with E-state index in [1.54, 1.807) is 0 Å². The second-order valence-electron chi connectivity index (χ2n) is 5.24. The van der Waals surface area contributed by atoms with Crippen LogP contribution in [0, 0.1) is 0 Å². The summed E-state index contributed by atoms with van der Waals surface area (Å²) in [6, 6.07) is 7.65. The molecule has 0 atom stereocenters. The standard InChI is InChI=1S/C14H22N2O2/c1-14(2,3)18-10-13(17)16-9-8-11-4-6-12(15)7-5-11/h4-7H,8-10,15H2,1-3H3,(H,16,17). The number of anilines is 1. The quantitative estimate of drug-likeness (QED) is 0.782. The van der Waals surface area contributed by atoms with E-state index in [0.717, 1.165) is 17.7 Å². The molecule has 0 unspecified atom stereocenters. The smallest absolute Gasteiger partial charge is 0.246 e. The lowest BCUT2D eigenvalue weighted by Gasteiger charge is -2.18. The average molecular weight is 250 g/mol. The van der Waals surface area contributed by atoms with Crippen LogP contribution >= 0.6 is 0 Å². The third-order valence-electron chi connectivity index (χ3n) is 2.35. The fourth-order valence-corrected chi connectivity index (χ4v) is 1.36. The van der Waals surface area contributed by atoms with Gasteiger partial charge in [0.2, 0.25) is 5.91 Å². The molecule has 3 N–H and O–H groups in total. The van der Waals surface area contributed by atoms with E-state index < -0.39 is 0 Å². The van der Waals surface area contributed by atoms with Gasteiger partial charge in [-0.1, -0.05) is 12.1 Å². The Balaban J connectivity index is 2.21. The number of nitrogens with one attached hydrogen (secondary N) is 1. The molecule has 1 aromatic carbocycles. The number of carbonyl (C=O) groups excluding carboxylic acids is 1. The predicted molar refractivity (Wildman–Crippen MR) is 73.3 cm³/mol. The Hall–Kier alpha value is -1.55. The van der Waals surface area contributed by atoms with Crippen LogP contribution < -0.4 is 11.1 Å². The molecule has 0 bridgehead atoms. The van der Waals surface area contributed by atoms with Gasteiger partial charge in [0.15, 0.2) is 0 Å². The Morgan fingerprint density at radius 3 is 2.44 bits per heavy atom. The van der Waals surface area contributed by atoms with Crippen molar-refractivity contribution >= 4 is 11.6 Å². The predicted octanol–water partition coefficient (Wildman–Crippen LogP) is 1.74. The van der Waals surface area contributed by atoms with E-state index in [4.69, 9.17) is 10.5 Å². The SMILES string of the molecule is CC(C)(C)OCC(=O)NCCc1ccc(N)cc1. The summed E-state index contributed by atoms with van der Waals surface area (Å²) in [6.07, 6.45) is 0.793. The number of benzene rings is 1. The number of hydrogen-bond acceptors (Lipinski definition) is 3. The minimum atomic E-state index is -0.283. The first-order valence-electron chi connectivity index (χ1n) is 6.12. The van der Waals surface area contributed by atoms with Crippen LogP contribution in [0.3, 0.4) is 0 Å². The first-order chi connectivity index (χ1) is 8.37. The first kappa shape index (κ1) is 14.5. The summed E-state index contributed by atoms with van der Waals surface area (Å²) < 4.78 is 5.38. The second-order valence-corrected chi connectivity index (χ2v) is 5.24. The van der Waals surface area contributed by atoms with Gasteiger partial charge in [-0.15, -0.1) is 0 Å². The third kappa shape index (κ3) is 6.25. The van der Waals surface area contributed by atoms with E-state index in [2.05, 4.69) is 5.32 Å². The number of hydrogen-bond donors (Lipinski definition) is 2. The van der Waals surface area contributed by atoms with E-state index in [-0.39, 0.29) is 18.1 Å². The molecule has 0 heterocycles. The summed E-state index contributed by atoms with van der Waals surface area (Å²) in [5.74, 6) is -0.0830. The Morgan fingerprint density at radius 1 is 1.28 bits per heavy atom. The molecule has 1 amide bonds. The van der Waals surface area contributed by atoms with Crippen LogP contribution in [-0.4, -0.2) is 24.7 Å². The van der Waals surface area contributed by atoms with Crippen molar-refractivity contribution in [2.24, 2.45) is 0 Å². The van der Waals surface area contributed by atoms with Crippen molar-refractivity contribution in [2.75, 3.05) is 18.9 Å². The monoisotopic (exact) mass is 250 g/mol. The van der Waals surface area contributed by atoms with E-state index >= 15 is 0 Å². The molecule has 0 aliphatic carbocycles. The highest BCUT2D eigenvalue weighted by Gasteiger charge is 2.12. The van der Waals surface area contributed by atoms with Crippen LogP contribution in [0.1, 0.15) is 26.3 Å². The lowest BCUT2D eigenvalue weighted by Crippen LogP contribution is -2.33. The lowest BCUT2D eigenvalue weighted by molar-refractivity contribution is -0.130. The number of nitrogens with two attached hydrogens (primary N) is 1. The first-order valence-corrected chi connectivity index (χ1v) is 6.12. The van der Waals surface area contributed by atoms with E-state index in [0.29, 0.717) is 6.54 Å². The zero-order chi connectivity index (χ0) is 13.6. The van der Waals surface area contributed by atoms with Crippen LogP contribution in [0.2, 0.25) is 0 Å². The summed E-state index contributed by atoms with van der Waals surface area (Å²) in [5, 5.41) is 2.82.